The maximum absolute atomic E-state index is 5.98. The van der Waals surface area contributed by atoms with E-state index in [9.17, 15) is 0 Å². The lowest BCUT2D eigenvalue weighted by atomic mass is 10.1. The third-order valence-electron chi connectivity index (χ3n) is 3.64. The summed E-state index contributed by atoms with van der Waals surface area (Å²) in [4.78, 5) is 2.26. The van der Waals surface area contributed by atoms with Crippen molar-refractivity contribution in [2.24, 2.45) is 5.73 Å². The molecule has 2 aromatic rings. The topological polar surface area (TPSA) is 81.3 Å². The van der Waals surface area contributed by atoms with Gasteiger partial charge in [0, 0.05) is 12.6 Å². The van der Waals surface area contributed by atoms with Crippen LogP contribution in [0.5, 0.6) is 0 Å². The Morgan fingerprint density at radius 3 is 2.90 bits per heavy atom. The average molecular weight is 276 g/mol. The van der Waals surface area contributed by atoms with Crippen molar-refractivity contribution in [3.05, 3.63) is 23.5 Å². The molecule has 0 bridgehead atoms. The highest BCUT2D eigenvalue weighted by molar-refractivity contribution is 5.55. The molecule has 6 heteroatoms. The number of aryl methyl sites for hydroxylation is 2. The van der Waals surface area contributed by atoms with Gasteiger partial charge in [0.1, 0.15) is 11.5 Å². The summed E-state index contributed by atoms with van der Waals surface area (Å²) < 4.78 is 11.2. The molecule has 20 heavy (non-hydrogen) atoms. The Labute approximate surface area is 117 Å². The predicted octanol–water partition coefficient (Wildman–Crippen LogP) is 1.87. The second-order valence-electron chi connectivity index (χ2n) is 5.47. The molecule has 2 aromatic heterocycles. The van der Waals surface area contributed by atoms with Crippen LogP contribution in [0.1, 0.15) is 30.3 Å². The van der Waals surface area contributed by atoms with Gasteiger partial charge in [-0.2, -0.15) is 0 Å². The number of piperidine rings is 1. The minimum atomic E-state index is 0.255. The van der Waals surface area contributed by atoms with Crippen molar-refractivity contribution in [3.63, 3.8) is 0 Å². The van der Waals surface area contributed by atoms with Gasteiger partial charge in [-0.1, -0.05) is 0 Å². The molecule has 0 spiro atoms. The first-order valence-corrected chi connectivity index (χ1v) is 6.99. The van der Waals surface area contributed by atoms with E-state index in [0.29, 0.717) is 18.3 Å². The van der Waals surface area contributed by atoms with Crippen molar-refractivity contribution in [1.29, 1.82) is 0 Å². The van der Waals surface area contributed by atoms with Crippen LogP contribution in [0, 0.1) is 13.8 Å². The normalized spacial score (nSPS) is 20.4. The van der Waals surface area contributed by atoms with Gasteiger partial charge in [0.05, 0.1) is 12.1 Å². The molecule has 108 valence electrons. The predicted molar refractivity (Wildman–Crippen MR) is 74.0 cm³/mol. The van der Waals surface area contributed by atoms with E-state index in [1.807, 2.05) is 19.9 Å². The molecule has 1 saturated heterocycles. The van der Waals surface area contributed by atoms with Crippen LogP contribution in [0.15, 0.2) is 14.9 Å². The van der Waals surface area contributed by atoms with Gasteiger partial charge in [-0.25, -0.2) is 0 Å². The molecule has 2 N–H and O–H groups in total. The Kier molecular flexibility index (Phi) is 3.58. The van der Waals surface area contributed by atoms with Crippen LogP contribution < -0.4 is 5.73 Å². The molecule has 1 aliphatic heterocycles. The maximum Gasteiger partial charge on any atom is 0.251 e. The number of hydrogen-bond donors (Lipinski definition) is 1. The van der Waals surface area contributed by atoms with Gasteiger partial charge in [-0.3, -0.25) is 4.90 Å². The number of nitrogens with zero attached hydrogens (tertiary/aromatic N) is 3. The number of hydrogen-bond acceptors (Lipinski definition) is 6. The molecule has 0 amide bonds. The molecule has 1 unspecified atom stereocenters. The van der Waals surface area contributed by atoms with Crippen LogP contribution in [0.2, 0.25) is 0 Å². The molecule has 6 nitrogen and oxygen atoms in total. The smallest absolute Gasteiger partial charge is 0.251 e. The van der Waals surface area contributed by atoms with E-state index in [-0.39, 0.29) is 6.04 Å². The highest BCUT2D eigenvalue weighted by atomic mass is 16.4. The quantitative estimate of drug-likeness (QED) is 0.921. The molecule has 3 heterocycles. The van der Waals surface area contributed by atoms with Gasteiger partial charge in [0.25, 0.3) is 5.89 Å². The lowest BCUT2D eigenvalue weighted by Gasteiger charge is -2.29. The van der Waals surface area contributed by atoms with Crippen LogP contribution >= 0.6 is 0 Å². The Hall–Kier alpha value is -1.66. The van der Waals surface area contributed by atoms with Gasteiger partial charge in [0.2, 0.25) is 5.89 Å². The molecule has 0 aliphatic carbocycles. The summed E-state index contributed by atoms with van der Waals surface area (Å²) in [5.41, 5.74) is 6.85. The number of nitrogens with two attached hydrogens (primary N) is 1. The third kappa shape index (κ3) is 2.76. The van der Waals surface area contributed by atoms with E-state index in [1.165, 1.54) is 0 Å². The summed E-state index contributed by atoms with van der Waals surface area (Å²) in [7, 11) is 0. The largest absolute Gasteiger partial charge is 0.466 e. The zero-order chi connectivity index (χ0) is 14.1. The fourth-order valence-corrected chi connectivity index (χ4v) is 2.70. The lowest BCUT2D eigenvalue weighted by molar-refractivity contribution is 0.185. The second-order valence-corrected chi connectivity index (χ2v) is 5.47. The van der Waals surface area contributed by atoms with Gasteiger partial charge in [0.15, 0.2) is 0 Å². The Balaban J connectivity index is 1.72. The summed E-state index contributed by atoms with van der Waals surface area (Å²) in [5.74, 6) is 2.81. The van der Waals surface area contributed by atoms with E-state index < -0.39 is 0 Å². The van der Waals surface area contributed by atoms with Gasteiger partial charge >= 0.3 is 0 Å². The monoisotopic (exact) mass is 276 g/mol. The zero-order valence-electron chi connectivity index (χ0n) is 11.9. The van der Waals surface area contributed by atoms with Gasteiger partial charge in [-0.05, 0) is 39.3 Å². The molecular weight excluding hydrogens is 256 g/mol. The van der Waals surface area contributed by atoms with E-state index in [0.717, 1.165) is 43.0 Å². The molecular formula is C14H20N4O2. The summed E-state index contributed by atoms with van der Waals surface area (Å²) in [6.45, 7) is 6.40. The Morgan fingerprint density at radius 2 is 2.20 bits per heavy atom. The minimum Gasteiger partial charge on any atom is -0.466 e. The van der Waals surface area contributed by atoms with Gasteiger partial charge < -0.3 is 14.6 Å². The van der Waals surface area contributed by atoms with Crippen LogP contribution in [-0.2, 0) is 6.54 Å². The van der Waals surface area contributed by atoms with Crippen LogP contribution in [-0.4, -0.2) is 34.2 Å². The number of furan rings is 1. The van der Waals surface area contributed by atoms with Crippen molar-refractivity contribution in [2.45, 2.75) is 39.3 Å². The molecule has 1 fully saturated rings. The minimum absolute atomic E-state index is 0.255. The summed E-state index contributed by atoms with van der Waals surface area (Å²) in [5, 5.41) is 8.23. The Bertz CT molecular complexity index is 590. The summed E-state index contributed by atoms with van der Waals surface area (Å²) in [6.07, 6.45) is 2.22. The number of aromatic nitrogens is 2. The lowest BCUT2D eigenvalue weighted by Crippen LogP contribution is -2.42. The first kappa shape index (κ1) is 13.3. The molecule has 0 saturated carbocycles. The third-order valence-corrected chi connectivity index (χ3v) is 3.64. The van der Waals surface area contributed by atoms with Crippen LogP contribution in [0.25, 0.3) is 11.5 Å². The molecule has 0 aromatic carbocycles. The number of rotatable bonds is 3. The fraction of sp³-hybridized carbons (Fsp3) is 0.571. The van der Waals surface area contributed by atoms with Gasteiger partial charge in [-0.15, -0.1) is 10.2 Å². The standard InChI is InChI=1S/C14H20N4O2/c1-9-6-12(10(2)19-9)14-17-16-13(20-14)8-18-5-3-4-11(15)7-18/h6,11H,3-5,7-8,15H2,1-2H3. The Morgan fingerprint density at radius 1 is 1.35 bits per heavy atom. The van der Waals surface area contributed by atoms with Crippen LogP contribution in [0.3, 0.4) is 0 Å². The van der Waals surface area contributed by atoms with Crippen molar-refractivity contribution < 1.29 is 8.83 Å². The van der Waals surface area contributed by atoms with E-state index in [1.54, 1.807) is 0 Å². The van der Waals surface area contributed by atoms with Crippen molar-refractivity contribution >= 4 is 0 Å². The van der Waals surface area contributed by atoms with Crippen molar-refractivity contribution in [1.82, 2.24) is 15.1 Å². The first-order chi connectivity index (χ1) is 9.61. The second kappa shape index (κ2) is 5.38. The SMILES string of the molecule is Cc1cc(-c2nnc(CN3CCCC(N)C3)o2)c(C)o1. The number of likely N-dealkylation sites (tertiary alicyclic amines) is 1. The van der Waals surface area contributed by atoms with E-state index in [4.69, 9.17) is 14.6 Å². The molecule has 1 aliphatic rings. The highest BCUT2D eigenvalue weighted by Gasteiger charge is 2.20. The van der Waals surface area contributed by atoms with Crippen LogP contribution in [0.4, 0.5) is 0 Å². The molecule has 3 rings (SSSR count). The molecule has 1 atom stereocenters. The summed E-state index contributed by atoms with van der Waals surface area (Å²) >= 11 is 0. The van der Waals surface area contributed by atoms with E-state index >= 15 is 0 Å². The van der Waals surface area contributed by atoms with E-state index in [2.05, 4.69) is 15.1 Å². The van der Waals surface area contributed by atoms with Crippen molar-refractivity contribution in [2.75, 3.05) is 13.1 Å². The summed E-state index contributed by atoms with van der Waals surface area (Å²) in [6, 6.07) is 2.17. The van der Waals surface area contributed by atoms with Crippen molar-refractivity contribution in [3.8, 4) is 11.5 Å². The highest BCUT2D eigenvalue weighted by Crippen LogP contribution is 2.25. The zero-order valence-corrected chi connectivity index (χ0v) is 11.9. The average Bonchev–Trinajstić information content (AvgIpc) is 2.96. The molecule has 0 radical (unpaired) electrons. The first-order valence-electron chi connectivity index (χ1n) is 6.99. The fourth-order valence-electron chi connectivity index (χ4n) is 2.70. The maximum atomic E-state index is 5.98.